The number of ether oxygens (including phenoxy) is 2. The summed E-state index contributed by atoms with van der Waals surface area (Å²) in [4.78, 5) is 12.6. The highest BCUT2D eigenvalue weighted by molar-refractivity contribution is 7.12. The Bertz CT molecular complexity index is 624. The summed E-state index contributed by atoms with van der Waals surface area (Å²) < 4.78 is 10.4. The van der Waals surface area contributed by atoms with Gasteiger partial charge in [-0.1, -0.05) is 6.07 Å². The van der Waals surface area contributed by atoms with E-state index >= 15 is 0 Å². The Labute approximate surface area is 127 Å². The maximum atomic E-state index is 12.1. The van der Waals surface area contributed by atoms with Crippen LogP contribution < -0.4 is 14.8 Å². The van der Waals surface area contributed by atoms with Crippen LogP contribution in [0.1, 0.15) is 22.2 Å². The van der Waals surface area contributed by atoms with Crippen LogP contribution in [-0.2, 0) is 6.54 Å². The minimum atomic E-state index is -0.187. The zero-order valence-corrected chi connectivity index (χ0v) is 12.7. The van der Waals surface area contributed by atoms with Crippen molar-refractivity contribution in [1.29, 1.82) is 0 Å². The van der Waals surface area contributed by atoms with Crippen molar-refractivity contribution in [2.24, 2.45) is 0 Å². The van der Waals surface area contributed by atoms with Crippen LogP contribution in [0.2, 0.25) is 0 Å². The first-order valence-electron chi connectivity index (χ1n) is 6.50. The molecule has 2 N–H and O–H groups in total. The molecular weight excluding hydrogens is 290 g/mol. The van der Waals surface area contributed by atoms with E-state index in [0.717, 1.165) is 5.56 Å². The van der Waals surface area contributed by atoms with Gasteiger partial charge in [-0.25, -0.2) is 0 Å². The zero-order valence-electron chi connectivity index (χ0n) is 11.9. The number of hydrogen-bond donors (Lipinski definition) is 2. The van der Waals surface area contributed by atoms with Gasteiger partial charge >= 0.3 is 0 Å². The lowest BCUT2D eigenvalue weighted by atomic mass is 10.2. The van der Waals surface area contributed by atoms with Gasteiger partial charge in [0, 0.05) is 6.54 Å². The van der Waals surface area contributed by atoms with Gasteiger partial charge in [-0.05, 0) is 36.1 Å². The second-order valence-corrected chi connectivity index (χ2v) is 5.15. The van der Waals surface area contributed by atoms with Crippen molar-refractivity contribution >= 4 is 17.2 Å². The SMILES string of the molecule is CCOc1cc(CNC(=O)c2sccc2OC)ccc1O. The van der Waals surface area contributed by atoms with Crippen LogP contribution in [0.25, 0.3) is 0 Å². The molecule has 0 saturated carbocycles. The lowest BCUT2D eigenvalue weighted by molar-refractivity contribution is 0.0952. The molecule has 0 aliphatic carbocycles. The van der Waals surface area contributed by atoms with Crippen LogP contribution in [0.3, 0.4) is 0 Å². The molecule has 2 rings (SSSR count). The lowest BCUT2D eigenvalue weighted by Crippen LogP contribution is -2.22. The number of methoxy groups -OCH3 is 1. The van der Waals surface area contributed by atoms with E-state index in [1.807, 2.05) is 12.3 Å². The van der Waals surface area contributed by atoms with E-state index in [9.17, 15) is 9.90 Å². The minimum Gasteiger partial charge on any atom is -0.504 e. The highest BCUT2D eigenvalue weighted by Crippen LogP contribution is 2.27. The fourth-order valence-electron chi connectivity index (χ4n) is 1.83. The van der Waals surface area contributed by atoms with Gasteiger partial charge in [0.2, 0.25) is 0 Å². The van der Waals surface area contributed by atoms with Crippen molar-refractivity contribution in [2.75, 3.05) is 13.7 Å². The summed E-state index contributed by atoms with van der Waals surface area (Å²) >= 11 is 1.33. The predicted molar refractivity (Wildman–Crippen MR) is 81.3 cm³/mol. The van der Waals surface area contributed by atoms with Gasteiger partial charge in [0.05, 0.1) is 13.7 Å². The molecule has 112 valence electrons. The Morgan fingerprint density at radius 1 is 1.33 bits per heavy atom. The summed E-state index contributed by atoms with van der Waals surface area (Å²) in [5.41, 5.74) is 0.847. The van der Waals surface area contributed by atoms with Crippen molar-refractivity contribution in [1.82, 2.24) is 5.32 Å². The molecular formula is C15H17NO4S. The van der Waals surface area contributed by atoms with Gasteiger partial charge in [0.15, 0.2) is 11.5 Å². The standard InChI is InChI=1S/C15H17NO4S/c1-3-20-13-8-10(4-5-11(13)17)9-16-15(18)14-12(19-2)6-7-21-14/h4-8,17H,3,9H2,1-2H3,(H,16,18). The van der Waals surface area contributed by atoms with Gasteiger partial charge in [-0.2, -0.15) is 0 Å². The highest BCUT2D eigenvalue weighted by atomic mass is 32.1. The van der Waals surface area contributed by atoms with E-state index in [-0.39, 0.29) is 11.7 Å². The van der Waals surface area contributed by atoms with Crippen LogP contribution in [0.15, 0.2) is 29.6 Å². The maximum absolute atomic E-state index is 12.1. The van der Waals surface area contributed by atoms with E-state index in [1.165, 1.54) is 18.4 Å². The predicted octanol–water partition coefficient (Wildman–Crippen LogP) is 2.79. The number of hydrogen-bond acceptors (Lipinski definition) is 5. The van der Waals surface area contributed by atoms with Crippen LogP contribution in [-0.4, -0.2) is 24.7 Å². The van der Waals surface area contributed by atoms with Gasteiger partial charge in [-0.15, -0.1) is 11.3 Å². The Morgan fingerprint density at radius 2 is 2.14 bits per heavy atom. The summed E-state index contributed by atoms with van der Waals surface area (Å²) in [6.45, 7) is 2.66. The van der Waals surface area contributed by atoms with E-state index in [4.69, 9.17) is 9.47 Å². The molecule has 1 aromatic carbocycles. The van der Waals surface area contributed by atoms with Crippen molar-refractivity contribution in [3.05, 3.63) is 40.1 Å². The molecule has 0 aliphatic rings. The normalized spacial score (nSPS) is 10.2. The molecule has 21 heavy (non-hydrogen) atoms. The van der Waals surface area contributed by atoms with Gasteiger partial charge in [0.1, 0.15) is 10.6 Å². The largest absolute Gasteiger partial charge is 0.504 e. The Balaban J connectivity index is 2.03. The summed E-state index contributed by atoms with van der Waals surface area (Å²) in [7, 11) is 1.53. The monoisotopic (exact) mass is 307 g/mol. The van der Waals surface area contributed by atoms with Gasteiger partial charge in [-0.3, -0.25) is 4.79 Å². The molecule has 1 aromatic heterocycles. The third kappa shape index (κ3) is 3.66. The molecule has 0 spiro atoms. The van der Waals surface area contributed by atoms with Crippen molar-refractivity contribution < 1.29 is 19.4 Å². The zero-order chi connectivity index (χ0) is 15.2. The molecule has 1 amide bonds. The molecule has 0 fully saturated rings. The third-order valence-corrected chi connectivity index (χ3v) is 3.73. The van der Waals surface area contributed by atoms with E-state index < -0.39 is 0 Å². The van der Waals surface area contributed by atoms with Crippen molar-refractivity contribution in [3.8, 4) is 17.2 Å². The Morgan fingerprint density at radius 3 is 2.86 bits per heavy atom. The number of phenols is 1. The van der Waals surface area contributed by atoms with Crippen LogP contribution in [0.5, 0.6) is 17.2 Å². The second-order valence-electron chi connectivity index (χ2n) is 4.24. The molecule has 2 aromatic rings. The number of phenolic OH excluding ortho intramolecular Hbond substituents is 1. The molecule has 0 unspecified atom stereocenters. The van der Waals surface area contributed by atoms with Crippen LogP contribution >= 0.6 is 11.3 Å². The number of rotatable bonds is 6. The van der Waals surface area contributed by atoms with Crippen LogP contribution in [0, 0.1) is 0 Å². The number of carbonyl (C=O) groups excluding carboxylic acids is 1. The molecule has 1 heterocycles. The lowest BCUT2D eigenvalue weighted by Gasteiger charge is -2.09. The van der Waals surface area contributed by atoms with Crippen LogP contribution in [0.4, 0.5) is 0 Å². The van der Waals surface area contributed by atoms with E-state index in [1.54, 1.807) is 24.3 Å². The molecule has 6 heteroatoms. The summed E-state index contributed by atoms with van der Waals surface area (Å²) in [6.07, 6.45) is 0. The maximum Gasteiger partial charge on any atom is 0.265 e. The molecule has 0 aliphatic heterocycles. The molecule has 5 nitrogen and oxygen atoms in total. The summed E-state index contributed by atoms with van der Waals surface area (Å²) in [5.74, 6) is 0.885. The fraction of sp³-hybridized carbons (Fsp3) is 0.267. The number of aromatic hydroxyl groups is 1. The van der Waals surface area contributed by atoms with Crippen molar-refractivity contribution in [2.45, 2.75) is 13.5 Å². The smallest absolute Gasteiger partial charge is 0.265 e. The summed E-state index contributed by atoms with van der Waals surface area (Å²) in [6, 6.07) is 6.76. The minimum absolute atomic E-state index is 0.0897. The number of carbonyl (C=O) groups is 1. The topological polar surface area (TPSA) is 67.8 Å². The average molecular weight is 307 g/mol. The molecule has 0 saturated heterocycles. The highest BCUT2D eigenvalue weighted by Gasteiger charge is 2.13. The Kier molecular flexibility index (Phi) is 5.05. The van der Waals surface area contributed by atoms with Crippen molar-refractivity contribution in [3.63, 3.8) is 0 Å². The van der Waals surface area contributed by atoms with Gasteiger partial charge in [0.25, 0.3) is 5.91 Å². The first-order chi connectivity index (χ1) is 10.2. The number of benzene rings is 1. The first-order valence-corrected chi connectivity index (χ1v) is 7.38. The number of thiophene rings is 1. The number of amides is 1. The quantitative estimate of drug-likeness (QED) is 0.861. The average Bonchev–Trinajstić information content (AvgIpc) is 2.96. The molecule has 0 radical (unpaired) electrons. The molecule has 0 bridgehead atoms. The first kappa shape index (κ1) is 15.2. The van der Waals surface area contributed by atoms with E-state index in [0.29, 0.717) is 29.5 Å². The van der Waals surface area contributed by atoms with E-state index in [2.05, 4.69) is 5.32 Å². The molecule has 0 atom stereocenters. The number of nitrogens with one attached hydrogen (secondary N) is 1. The fourth-order valence-corrected chi connectivity index (χ4v) is 2.60. The Hall–Kier alpha value is -2.21. The third-order valence-electron chi connectivity index (χ3n) is 2.83. The second kappa shape index (κ2) is 6.99. The van der Waals surface area contributed by atoms with Gasteiger partial charge < -0.3 is 19.9 Å². The summed E-state index contributed by atoms with van der Waals surface area (Å²) in [5, 5.41) is 14.3.